The highest BCUT2D eigenvalue weighted by Crippen LogP contribution is 2.34. The molecule has 5 heteroatoms. The van der Waals surface area contributed by atoms with Crippen LogP contribution in [0.1, 0.15) is 225 Å². The molecular formula is C63H107ClF4. The number of hydrogen-bond donors (Lipinski definition) is 0. The average Bonchev–Trinajstić information content (AvgIpc) is 4.03. The summed E-state index contributed by atoms with van der Waals surface area (Å²) in [5.41, 5.74) is 3.69. The van der Waals surface area contributed by atoms with Crippen LogP contribution in [0.3, 0.4) is 0 Å². The number of hydrogen-bond acceptors (Lipinski definition) is 0. The molecule has 0 saturated heterocycles. The molecule has 2 saturated carbocycles. The van der Waals surface area contributed by atoms with Crippen LogP contribution in [0.15, 0.2) is 60.7 Å². The lowest BCUT2D eigenvalue weighted by atomic mass is 9.80. The van der Waals surface area contributed by atoms with Gasteiger partial charge in [-0.15, -0.1) is 0 Å². The van der Waals surface area contributed by atoms with Crippen LogP contribution in [-0.2, 0) is 19.3 Å². The van der Waals surface area contributed by atoms with E-state index < -0.39 is 11.6 Å². The Hall–Kier alpha value is -2.33. The van der Waals surface area contributed by atoms with Gasteiger partial charge in [-0.3, -0.25) is 0 Å². The molecule has 0 aliphatic heterocycles. The molecule has 0 unspecified atom stereocenters. The summed E-state index contributed by atoms with van der Waals surface area (Å²) >= 11 is 5.62. The number of rotatable bonds is 16. The first kappa shape index (κ1) is 67.7. The van der Waals surface area contributed by atoms with E-state index in [1.54, 1.807) is 18.2 Å². The van der Waals surface area contributed by atoms with Gasteiger partial charge < -0.3 is 0 Å². The maximum absolute atomic E-state index is 12.7. The molecule has 394 valence electrons. The lowest BCUT2D eigenvalue weighted by molar-refractivity contribution is 0.264. The summed E-state index contributed by atoms with van der Waals surface area (Å²) in [7, 11) is 0. The minimum Gasteiger partial charge on any atom is -0.207 e. The summed E-state index contributed by atoms with van der Waals surface area (Å²) in [5, 5.41) is 0.216. The van der Waals surface area contributed by atoms with Gasteiger partial charge in [-0.2, -0.15) is 0 Å². The minimum absolute atomic E-state index is 0.155. The normalized spacial score (nSPS) is 13.4. The van der Waals surface area contributed by atoms with Gasteiger partial charge in [0.2, 0.25) is 0 Å². The van der Waals surface area contributed by atoms with E-state index in [1.807, 2.05) is 26.0 Å². The van der Waals surface area contributed by atoms with Gasteiger partial charge in [0.15, 0.2) is 11.6 Å². The van der Waals surface area contributed by atoms with E-state index >= 15 is 0 Å². The van der Waals surface area contributed by atoms with Crippen LogP contribution in [0.25, 0.3) is 0 Å². The van der Waals surface area contributed by atoms with Gasteiger partial charge in [-0.1, -0.05) is 232 Å². The van der Waals surface area contributed by atoms with Crippen LogP contribution in [0.5, 0.6) is 0 Å². The Morgan fingerprint density at radius 3 is 1.16 bits per heavy atom. The SMILES string of the molecule is CC(C)CC1CCC1.CC(C)CCC(C)(C)C.CC(C)CCC(C)C.CC(C)CCC1CC1.CC(C)Cc1ccc(F)c(Cl)c1.CC(C)Cc1ccc(F)c(F)c1.CC(C)Cc1ccc(F)cc1. The summed E-state index contributed by atoms with van der Waals surface area (Å²) in [6.07, 6.45) is 20.2. The molecule has 0 aromatic heterocycles. The Labute approximate surface area is 425 Å². The third-order valence-electron chi connectivity index (χ3n) is 11.5. The van der Waals surface area contributed by atoms with Gasteiger partial charge in [-0.05, 0) is 150 Å². The summed E-state index contributed by atoms with van der Waals surface area (Å²) < 4.78 is 50.2. The lowest BCUT2D eigenvalue weighted by Crippen LogP contribution is -2.12. The second kappa shape index (κ2) is 38.4. The van der Waals surface area contributed by atoms with E-state index in [9.17, 15) is 17.6 Å². The van der Waals surface area contributed by atoms with Crippen LogP contribution in [-0.4, -0.2) is 0 Å². The number of halogens is 5. The van der Waals surface area contributed by atoms with Gasteiger partial charge >= 0.3 is 0 Å². The molecule has 0 nitrogen and oxygen atoms in total. The first-order chi connectivity index (χ1) is 31.5. The van der Waals surface area contributed by atoms with Crippen LogP contribution < -0.4 is 0 Å². The van der Waals surface area contributed by atoms with Crippen LogP contribution in [0.2, 0.25) is 5.02 Å². The van der Waals surface area contributed by atoms with Crippen molar-refractivity contribution in [3.63, 3.8) is 0 Å². The molecule has 0 N–H and O–H groups in total. The van der Waals surface area contributed by atoms with Gasteiger partial charge in [-0.25, -0.2) is 17.6 Å². The Morgan fingerprint density at radius 2 is 0.853 bits per heavy atom. The monoisotopic (exact) mass is 975 g/mol. The zero-order valence-electron chi connectivity index (χ0n) is 47.5. The molecule has 0 spiro atoms. The van der Waals surface area contributed by atoms with Crippen molar-refractivity contribution in [3.05, 3.63) is 106 Å². The molecule has 5 rings (SSSR count). The number of benzene rings is 3. The van der Waals surface area contributed by atoms with Crippen molar-refractivity contribution in [2.45, 2.75) is 228 Å². The van der Waals surface area contributed by atoms with Gasteiger partial charge in [0.1, 0.15) is 11.6 Å². The quantitative estimate of drug-likeness (QED) is 0.126. The first-order valence-corrected chi connectivity index (χ1v) is 27.5. The largest absolute Gasteiger partial charge is 0.207 e. The van der Waals surface area contributed by atoms with E-state index in [1.165, 1.54) is 113 Å². The van der Waals surface area contributed by atoms with Crippen molar-refractivity contribution in [1.29, 1.82) is 0 Å². The zero-order valence-corrected chi connectivity index (χ0v) is 48.3. The second-order valence-electron chi connectivity index (χ2n) is 24.6. The van der Waals surface area contributed by atoms with E-state index in [4.69, 9.17) is 11.6 Å². The highest BCUT2D eigenvalue weighted by Gasteiger charge is 2.20. The topological polar surface area (TPSA) is 0 Å². The van der Waals surface area contributed by atoms with Crippen molar-refractivity contribution < 1.29 is 17.6 Å². The smallest absolute Gasteiger partial charge is 0.159 e. The van der Waals surface area contributed by atoms with Crippen molar-refractivity contribution in [2.24, 2.45) is 64.6 Å². The van der Waals surface area contributed by atoms with Crippen LogP contribution >= 0.6 is 11.6 Å². The predicted octanol–water partition coefficient (Wildman–Crippen LogP) is 22.1. The summed E-state index contributed by atoms with van der Waals surface area (Å²) in [5.74, 6) is 6.39. The summed E-state index contributed by atoms with van der Waals surface area (Å²) in [6.45, 7) is 42.5. The van der Waals surface area contributed by atoms with Crippen molar-refractivity contribution >= 4 is 11.6 Å². The summed E-state index contributed by atoms with van der Waals surface area (Å²) in [4.78, 5) is 0. The van der Waals surface area contributed by atoms with Crippen molar-refractivity contribution in [1.82, 2.24) is 0 Å². The van der Waals surface area contributed by atoms with E-state index in [-0.39, 0.29) is 16.7 Å². The molecule has 2 fully saturated rings. The highest BCUT2D eigenvalue weighted by molar-refractivity contribution is 6.30. The lowest BCUT2D eigenvalue weighted by Gasteiger charge is -2.26. The Balaban J connectivity index is 0. The highest BCUT2D eigenvalue weighted by atomic mass is 35.5. The van der Waals surface area contributed by atoms with Gasteiger partial charge in [0.25, 0.3) is 0 Å². The summed E-state index contributed by atoms with van der Waals surface area (Å²) in [6, 6.07) is 15.7. The van der Waals surface area contributed by atoms with Crippen LogP contribution in [0.4, 0.5) is 17.6 Å². The van der Waals surface area contributed by atoms with Crippen molar-refractivity contribution in [3.8, 4) is 0 Å². The molecule has 0 heterocycles. The van der Waals surface area contributed by atoms with Crippen molar-refractivity contribution in [2.75, 3.05) is 0 Å². The Kier molecular flexibility index (Phi) is 38.2. The first-order valence-electron chi connectivity index (χ1n) is 27.1. The fraction of sp³-hybridized carbons (Fsp3) is 0.714. The molecule has 0 radical (unpaired) electrons. The minimum atomic E-state index is -0.775. The molecule has 0 bridgehead atoms. The van der Waals surface area contributed by atoms with E-state index in [0.29, 0.717) is 23.2 Å². The Bertz CT molecular complexity index is 1540. The van der Waals surface area contributed by atoms with E-state index in [0.717, 1.165) is 71.8 Å². The fourth-order valence-electron chi connectivity index (χ4n) is 7.13. The molecule has 0 atom stereocenters. The molecule has 2 aliphatic rings. The fourth-order valence-corrected chi connectivity index (χ4v) is 7.33. The maximum atomic E-state index is 12.7. The van der Waals surface area contributed by atoms with Gasteiger partial charge in [0, 0.05) is 0 Å². The molecule has 0 amide bonds. The average molecular weight is 976 g/mol. The van der Waals surface area contributed by atoms with Gasteiger partial charge in [0.05, 0.1) is 5.02 Å². The molecule has 2 aliphatic carbocycles. The maximum Gasteiger partial charge on any atom is 0.159 e. The van der Waals surface area contributed by atoms with E-state index in [2.05, 4.69) is 118 Å². The predicted molar refractivity (Wildman–Crippen MR) is 296 cm³/mol. The zero-order chi connectivity index (χ0) is 52.6. The third-order valence-corrected chi connectivity index (χ3v) is 11.8. The molecule has 68 heavy (non-hydrogen) atoms. The second-order valence-corrected chi connectivity index (χ2v) is 25.0. The molecular weight excluding hydrogens is 868 g/mol. The molecule has 3 aromatic carbocycles. The molecule has 3 aromatic rings. The Morgan fingerprint density at radius 1 is 0.441 bits per heavy atom. The van der Waals surface area contributed by atoms with Crippen LogP contribution in [0, 0.1) is 87.9 Å². The third kappa shape index (κ3) is 44.8. The standard InChI is InChI=1S/C10H12ClF.C10H12F2.C10H13F.C9H20.2C8H16.C8H18/c1-7(2)5-8-3-4-10(12)9(11)6-8;1-7(2)5-8-3-4-9(11)10(12)6-8;1-8(2)7-9-3-5-10(11)6-4-9;1-8(2)6-7-9(3,4)5;1-7(2)3-4-8-5-6-8;1-7(2)6-8-4-3-5-8;1-7(2)5-6-8(3)4/h2*3-4,6-7H,5H2,1-2H3;3-6,8H,7H2,1-2H3;8H,6-7H2,1-5H3;2*7-8H,3-6H2,1-2H3;7-8H,5-6H2,1-4H3.